The van der Waals surface area contributed by atoms with Crippen molar-refractivity contribution in [3.8, 4) is 0 Å². The maximum absolute atomic E-state index is 11.4. The lowest BCUT2D eigenvalue weighted by atomic mass is 10.2. The van der Waals surface area contributed by atoms with Crippen molar-refractivity contribution in [2.75, 3.05) is 31.6 Å². The molecule has 17 heavy (non-hydrogen) atoms. The molecule has 0 spiro atoms. The van der Waals surface area contributed by atoms with Gasteiger partial charge in [0.1, 0.15) is 6.04 Å². The van der Waals surface area contributed by atoms with Gasteiger partial charge < -0.3 is 10.4 Å². The van der Waals surface area contributed by atoms with Crippen molar-refractivity contribution in [1.29, 1.82) is 0 Å². The number of carboxylic acids is 1. The number of hydrogen-bond acceptors (Lipinski definition) is 5. The molecule has 1 heterocycles. The van der Waals surface area contributed by atoms with Crippen molar-refractivity contribution in [2.24, 2.45) is 0 Å². The van der Waals surface area contributed by atoms with E-state index in [1.807, 2.05) is 11.8 Å². The van der Waals surface area contributed by atoms with Gasteiger partial charge in [-0.2, -0.15) is 0 Å². The van der Waals surface area contributed by atoms with Crippen LogP contribution in [-0.4, -0.2) is 68.1 Å². The molecule has 2 N–H and O–H groups in total. The van der Waals surface area contributed by atoms with Gasteiger partial charge in [0.2, 0.25) is 0 Å². The summed E-state index contributed by atoms with van der Waals surface area (Å²) in [7, 11) is -1.28. The molecule has 0 amide bonds. The standard InChI is InChI=1S/C10H20N2O4S/c1-8-7-17(15,16)6-5-12(8)4-3-9(11-2)10(13)14/h8-9,11H,3-7H2,1-2H3,(H,13,14). The zero-order valence-electron chi connectivity index (χ0n) is 10.2. The van der Waals surface area contributed by atoms with Crippen molar-refractivity contribution in [3.63, 3.8) is 0 Å². The molecule has 1 fully saturated rings. The summed E-state index contributed by atoms with van der Waals surface area (Å²) in [4.78, 5) is 12.8. The minimum Gasteiger partial charge on any atom is -0.480 e. The lowest BCUT2D eigenvalue weighted by Gasteiger charge is -2.33. The van der Waals surface area contributed by atoms with Crippen LogP contribution in [-0.2, 0) is 14.6 Å². The Morgan fingerprint density at radius 3 is 2.71 bits per heavy atom. The van der Waals surface area contributed by atoms with E-state index in [0.29, 0.717) is 19.5 Å². The molecule has 1 saturated heterocycles. The van der Waals surface area contributed by atoms with Crippen molar-refractivity contribution >= 4 is 15.8 Å². The number of hydrogen-bond donors (Lipinski definition) is 2. The van der Waals surface area contributed by atoms with E-state index in [2.05, 4.69) is 5.32 Å². The number of carbonyl (C=O) groups is 1. The first-order valence-electron chi connectivity index (χ1n) is 5.70. The average Bonchev–Trinajstić information content (AvgIpc) is 2.20. The van der Waals surface area contributed by atoms with Gasteiger partial charge in [-0.05, 0) is 20.4 Å². The Balaban J connectivity index is 2.45. The molecule has 0 aliphatic carbocycles. The average molecular weight is 264 g/mol. The van der Waals surface area contributed by atoms with Crippen LogP contribution in [0.1, 0.15) is 13.3 Å². The fraction of sp³-hybridized carbons (Fsp3) is 0.900. The molecule has 7 heteroatoms. The number of rotatable bonds is 5. The highest BCUT2D eigenvalue weighted by molar-refractivity contribution is 7.91. The highest BCUT2D eigenvalue weighted by Crippen LogP contribution is 2.12. The predicted octanol–water partition coefficient (Wildman–Crippen LogP) is -0.832. The number of aliphatic carboxylic acids is 1. The second kappa shape index (κ2) is 5.79. The number of nitrogens with one attached hydrogen (secondary N) is 1. The second-order valence-corrected chi connectivity index (χ2v) is 6.70. The summed E-state index contributed by atoms with van der Waals surface area (Å²) in [5.41, 5.74) is 0. The van der Waals surface area contributed by atoms with Gasteiger partial charge >= 0.3 is 5.97 Å². The predicted molar refractivity (Wildman–Crippen MR) is 64.8 cm³/mol. The number of carboxylic acid groups (broad SMARTS) is 1. The molecular weight excluding hydrogens is 244 g/mol. The molecule has 0 aromatic heterocycles. The highest BCUT2D eigenvalue weighted by atomic mass is 32.2. The minimum absolute atomic E-state index is 0.0277. The van der Waals surface area contributed by atoms with Crippen LogP contribution >= 0.6 is 0 Å². The molecular formula is C10H20N2O4S. The summed E-state index contributed by atoms with van der Waals surface area (Å²) in [6.07, 6.45) is 0.482. The molecule has 0 radical (unpaired) electrons. The van der Waals surface area contributed by atoms with Crippen molar-refractivity contribution in [3.05, 3.63) is 0 Å². The van der Waals surface area contributed by atoms with E-state index in [0.717, 1.165) is 0 Å². The molecule has 1 aliphatic heterocycles. The Bertz CT molecular complexity index is 369. The summed E-state index contributed by atoms with van der Waals surface area (Å²) in [5.74, 6) is -0.524. The Labute approximate surface area is 102 Å². The van der Waals surface area contributed by atoms with E-state index >= 15 is 0 Å². The van der Waals surface area contributed by atoms with Crippen LogP contribution in [0, 0.1) is 0 Å². The molecule has 2 atom stereocenters. The van der Waals surface area contributed by atoms with Gasteiger partial charge in [-0.3, -0.25) is 9.69 Å². The Morgan fingerprint density at radius 1 is 1.59 bits per heavy atom. The van der Waals surface area contributed by atoms with E-state index in [4.69, 9.17) is 5.11 Å². The fourth-order valence-corrected chi connectivity index (χ4v) is 3.68. The van der Waals surface area contributed by atoms with Crippen LogP contribution in [0.25, 0.3) is 0 Å². The molecule has 6 nitrogen and oxygen atoms in total. The quantitative estimate of drug-likeness (QED) is 0.674. The first-order chi connectivity index (χ1) is 7.85. The topological polar surface area (TPSA) is 86.7 Å². The Hall–Kier alpha value is -0.660. The maximum atomic E-state index is 11.4. The monoisotopic (exact) mass is 264 g/mol. The van der Waals surface area contributed by atoms with Gasteiger partial charge in [0.25, 0.3) is 0 Å². The van der Waals surface area contributed by atoms with Crippen LogP contribution in [0.15, 0.2) is 0 Å². The van der Waals surface area contributed by atoms with E-state index in [-0.39, 0.29) is 17.5 Å². The van der Waals surface area contributed by atoms with Crippen LogP contribution in [0.4, 0.5) is 0 Å². The molecule has 1 rings (SSSR count). The van der Waals surface area contributed by atoms with Crippen LogP contribution in [0.5, 0.6) is 0 Å². The lowest BCUT2D eigenvalue weighted by Crippen LogP contribution is -2.48. The number of sulfone groups is 1. The van der Waals surface area contributed by atoms with Crippen LogP contribution in [0.2, 0.25) is 0 Å². The Morgan fingerprint density at radius 2 is 2.24 bits per heavy atom. The minimum atomic E-state index is -2.90. The summed E-state index contributed by atoms with van der Waals surface area (Å²) >= 11 is 0. The van der Waals surface area contributed by atoms with Gasteiger partial charge in [-0.15, -0.1) is 0 Å². The van der Waals surface area contributed by atoms with Gasteiger partial charge in [0, 0.05) is 19.1 Å². The lowest BCUT2D eigenvalue weighted by molar-refractivity contribution is -0.139. The van der Waals surface area contributed by atoms with Crippen molar-refractivity contribution < 1.29 is 18.3 Å². The normalized spacial score (nSPS) is 26.6. The Kier molecular flexibility index (Phi) is 4.91. The van der Waals surface area contributed by atoms with E-state index in [1.165, 1.54) is 0 Å². The smallest absolute Gasteiger partial charge is 0.320 e. The van der Waals surface area contributed by atoms with Gasteiger partial charge in [-0.1, -0.05) is 0 Å². The number of likely N-dealkylation sites (N-methyl/N-ethyl adjacent to an activating group) is 1. The zero-order chi connectivity index (χ0) is 13.1. The molecule has 1 aliphatic rings. The van der Waals surface area contributed by atoms with Gasteiger partial charge in [-0.25, -0.2) is 8.42 Å². The first kappa shape index (κ1) is 14.4. The summed E-state index contributed by atoms with van der Waals surface area (Å²) in [6.45, 7) is 2.97. The molecule has 0 aromatic rings. The third-order valence-electron chi connectivity index (χ3n) is 3.16. The van der Waals surface area contributed by atoms with Crippen LogP contribution in [0.3, 0.4) is 0 Å². The summed E-state index contributed by atoms with van der Waals surface area (Å²) in [6, 6.07) is -0.596. The fourth-order valence-electron chi connectivity index (χ4n) is 2.05. The molecule has 100 valence electrons. The third-order valence-corrected chi connectivity index (χ3v) is 4.95. The van der Waals surface area contributed by atoms with Gasteiger partial charge in [0.05, 0.1) is 11.5 Å². The highest BCUT2D eigenvalue weighted by Gasteiger charge is 2.28. The molecule has 0 saturated carbocycles. The van der Waals surface area contributed by atoms with Crippen LogP contribution < -0.4 is 5.32 Å². The third kappa shape index (κ3) is 4.25. The molecule has 0 bridgehead atoms. The van der Waals surface area contributed by atoms with E-state index in [9.17, 15) is 13.2 Å². The SMILES string of the molecule is CNC(CCN1CCS(=O)(=O)CC1C)C(=O)O. The van der Waals surface area contributed by atoms with Gasteiger partial charge in [0.15, 0.2) is 9.84 Å². The largest absolute Gasteiger partial charge is 0.480 e. The molecule has 0 aromatic carbocycles. The van der Waals surface area contributed by atoms with E-state index < -0.39 is 21.8 Å². The second-order valence-electron chi connectivity index (χ2n) is 4.47. The summed E-state index contributed by atoms with van der Waals surface area (Å²) < 4.78 is 22.8. The number of nitrogens with zero attached hydrogens (tertiary/aromatic N) is 1. The first-order valence-corrected chi connectivity index (χ1v) is 7.52. The summed E-state index contributed by atoms with van der Waals surface area (Å²) in [5, 5.41) is 11.6. The van der Waals surface area contributed by atoms with Crippen molar-refractivity contribution in [1.82, 2.24) is 10.2 Å². The zero-order valence-corrected chi connectivity index (χ0v) is 11.0. The molecule has 2 unspecified atom stereocenters. The van der Waals surface area contributed by atoms with E-state index in [1.54, 1.807) is 7.05 Å². The van der Waals surface area contributed by atoms with Crippen molar-refractivity contribution in [2.45, 2.75) is 25.4 Å². The maximum Gasteiger partial charge on any atom is 0.320 e.